The summed E-state index contributed by atoms with van der Waals surface area (Å²) < 4.78 is 5.86. The molecular formula is C21H27NO. The van der Waals surface area contributed by atoms with Crippen LogP contribution >= 0.6 is 0 Å². The molecule has 3 rings (SSSR count). The van der Waals surface area contributed by atoms with Crippen molar-refractivity contribution >= 4 is 0 Å². The molecule has 122 valence electrons. The summed E-state index contributed by atoms with van der Waals surface area (Å²) in [6.07, 6.45) is 6.83. The van der Waals surface area contributed by atoms with Crippen molar-refractivity contribution in [3.05, 3.63) is 65.2 Å². The van der Waals surface area contributed by atoms with Crippen molar-refractivity contribution < 1.29 is 4.74 Å². The third-order valence-corrected chi connectivity index (χ3v) is 4.65. The van der Waals surface area contributed by atoms with Crippen LogP contribution in [0.2, 0.25) is 0 Å². The van der Waals surface area contributed by atoms with E-state index in [1.165, 1.54) is 48.8 Å². The molecule has 0 atom stereocenters. The maximum absolute atomic E-state index is 5.86. The van der Waals surface area contributed by atoms with Gasteiger partial charge in [0, 0.05) is 12.6 Å². The zero-order valence-electron chi connectivity index (χ0n) is 14.1. The molecule has 0 heterocycles. The lowest BCUT2D eigenvalue weighted by Gasteiger charge is -2.22. The lowest BCUT2D eigenvalue weighted by Crippen LogP contribution is -2.30. The highest BCUT2D eigenvalue weighted by Gasteiger charge is 2.12. The van der Waals surface area contributed by atoms with Crippen molar-refractivity contribution in [3.8, 4) is 5.75 Å². The molecule has 1 saturated carbocycles. The van der Waals surface area contributed by atoms with Crippen molar-refractivity contribution in [2.75, 3.05) is 0 Å². The zero-order chi connectivity index (χ0) is 15.9. The monoisotopic (exact) mass is 309 g/mol. The van der Waals surface area contributed by atoms with E-state index in [2.05, 4.69) is 60.8 Å². The molecule has 2 aromatic rings. The van der Waals surface area contributed by atoms with E-state index in [1.54, 1.807) is 0 Å². The van der Waals surface area contributed by atoms with Gasteiger partial charge in [0.15, 0.2) is 0 Å². The fourth-order valence-corrected chi connectivity index (χ4v) is 3.12. The Morgan fingerprint density at radius 1 is 0.870 bits per heavy atom. The molecule has 0 saturated heterocycles. The molecule has 2 aromatic carbocycles. The normalized spacial score (nSPS) is 15.5. The van der Waals surface area contributed by atoms with Gasteiger partial charge in [-0.3, -0.25) is 0 Å². The lowest BCUT2D eigenvalue weighted by atomic mass is 9.95. The Labute approximate surface area is 139 Å². The lowest BCUT2D eigenvalue weighted by molar-refractivity contribution is 0.306. The highest BCUT2D eigenvalue weighted by atomic mass is 16.5. The zero-order valence-corrected chi connectivity index (χ0v) is 14.1. The van der Waals surface area contributed by atoms with E-state index in [1.807, 2.05) is 0 Å². The van der Waals surface area contributed by atoms with Gasteiger partial charge in [0.25, 0.3) is 0 Å². The predicted molar refractivity (Wildman–Crippen MR) is 95.7 cm³/mol. The van der Waals surface area contributed by atoms with Crippen LogP contribution in [0.5, 0.6) is 5.75 Å². The van der Waals surface area contributed by atoms with Crippen LogP contribution in [-0.2, 0) is 13.2 Å². The fraction of sp³-hybridized carbons (Fsp3) is 0.429. The Kier molecular flexibility index (Phi) is 5.71. The molecule has 0 unspecified atom stereocenters. The second kappa shape index (κ2) is 8.16. The first-order chi connectivity index (χ1) is 11.3. The minimum atomic E-state index is 0.625. The second-order valence-corrected chi connectivity index (χ2v) is 6.63. The average molecular weight is 309 g/mol. The third-order valence-electron chi connectivity index (χ3n) is 4.65. The van der Waals surface area contributed by atoms with Gasteiger partial charge in [-0.2, -0.15) is 0 Å². The van der Waals surface area contributed by atoms with E-state index in [0.717, 1.165) is 12.3 Å². The van der Waals surface area contributed by atoms with E-state index in [0.29, 0.717) is 12.6 Å². The first kappa shape index (κ1) is 16.1. The molecule has 2 heteroatoms. The minimum Gasteiger partial charge on any atom is -0.489 e. The van der Waals surface area contributed by atoms with Crippen LogP contribution in [0.15, 0.2) is 48.5 Å². The number of hydrogen-bond donors (Lipinski definition) is 1. The molecule has 0 aromatic heterocycles. The fourth-order valence-electron chi connectivity index (χ4n) is 3.12. The van der Waals surface area contributed by atoms with Gasteiger partial charge in [0.1, 0.15) is 12.4 Å². The Morgan fingerprint density at radius 2 is 1.52 bits per heavy atom. The van der Waals surface area contributed by atoms with Crippen LogP contribution in [0.4, 0.5) is 0 Å². The summed E-state index contributed by atoms with van der Waals surface area (Å²) in [5.41, 5.74) is 3.82. The Morgan fingerprint density at radius 3 is 2.22 bits per heavy atom. The molecule has 0 radical (unpaired) electrons. The number of ether oxygens (including phenoxy) is 1. The van der Waals surface area contributed by atoms with Crippen LogP contribution in [0.3, 0.4) is 0 Å². The van der Waals surface area contributed by atoms with Crippen LogP contribution < -0.4 is 10.1 Å². The van der Waals surface area contributed by atoms with Crippen LogP contribution in [0.25, 0.3) is 0 Å². The molecule has 0 spiro atoms. The smallest absolute Gasteiger partial charge is 0.119 e. The first-order valence-corrected chi connectivity index (χ1v) is 8.80. The Bertz CT molecular complexity index is 582. The second-order valence-electron chi connectivity index (χ2n) is 6.63. The quantitative estimate of drug-likeness (QED) is 0.811. The molecule has 1 N–H and O–H groups in total. The van der Waals surface area contributed by atoms with Gasteiger partial charge < -0.3 is 10.1 Å². The van der Waals surface area contributed by atoms with Gasteiger partial charge in [-0.25, -0.2) is 0 Å². The molecule has 1 aliphatic rings. The van der Waals surface area contributed by atoms with Gasteiger partial charge in [-0.05, 0) is 43.0 Å². The predicted octanol–water partition coefficient (Wildman–Crippen LogP) is 5.00. The maximum atomic E-state index is 5.86. The summed E-state index contributed by atoms with van der Waals surface area (Å²) in [5, 5.41) is 3.68. The molecule has 1 aliphatic carbocycles. The summed E-state index contributed by atoms with van der Waals surface area (Å²) in [6.45, 7) is 3.69. The highest BCUT2D eigenvalue weighted by Crippen LogP contribution is 2.19. The summed E-state index contributed by atoms with van der Waals surface area (Å²) in [6, 6.07) is 17.7. The van der Waals surface area contributed by atoms with Crippen LogP contribution in [0, 0.1) is 6.92 Å². The highest BCUT2D eigenvalue weighted by molar-refractivity contribution is 5.28. The van der Waals surface area contributed by atoms with Crippen molar-refractivity contribution in [1.82, 2.24) is 5.32 Å². The maximum Gasteiger partial charge on any atom is 0.119 e. The number of aryl methyl sites for hydroxylation is 1. The topological polar surface area (TPSA) is 21.3 Å². The SMILES string of the molecule is Cc1ccc(COc2ccc(CNC3CCCCC3)cc2)cc1. The summed E-state index contributed by atoms with van der Waals surface area (Å²) in [5.74, 6) is 0.937. The van der Waals surface area contributed by atoms with E-state index in [9.17, 15) is 0 Å². The van der Waals surface area contributed by atoms with Crippen molar-refractivity contribution in [2.45, 2.75) is 58.2 Å². The van der Waals surface area contributed by atoms with Gasteiger partial charge >= 0.3 is 0 Å². The molecular weight excluding hydrogens is 282 g/mol. The number of hydrogen-bond acceptors (Lipinski definition) is 2. The summed E-state index contributed by atoms with van der Waals surface area (Å²) >= 11 is 0. The Balaban J connectivity index is 1.45. The summed E-state index contributed by atoms with van der Waals surface area (Å²) in [4.78, 5) is 0. The van der Waals surface area contributed by atoms with Crippen molar-refractivity contribution in [1.29, 1.82) is 0 Å². The average Bonchev–Trinajstić information content (AvgIpc) is 2.61. The van der Waals surface area contributed by atoms with E-state index in [4.69, 9.17) is 4.74 Å². The van der Waals surface area contributed by atoms with E-state index in [-0.39, 0.29) is 0 Å². The molecule has 1 fully saturated rings. The Hall–Kier alpha value is -1.80. The first-order valence-electron chi connectivity index (χ1n) is 8.80. The van der Waals surface area contributed by atoms with Gasteiger partial charge in [0.2, 0.25) is 0 Å². The van der Waals surface area contributed by atoms with E-state index < -0.39 is 0 Å². The molecule has 2 nitrogen and oxygen atoms in total. The molecule has 0 aliphatic heterocycles. The van der Waals surface area contributed by atoms with Crippen LogP contribution in [0.1, 0.15) is 48.8 Å². The minimum absolute atomic E-state index is 0.625. The van der Waals surface area contributed by atoms with Crippen molar-refractivity contribution in [3.63, 3.8) is 0 Å². The van der Waals surface area contributed by atoms with Crippen LogP contribution in [-0.4, -0.2) is 6.04 Å². The van der Waals surface area contributed by atoms with E-state index >= 15 is 0 Å². The molecule has 0 amide bonds. The van der Waals surface area contributed by atoms with Gasteiger partial charge in [-0.1, -0.05) is 61.2 Å². The number of rotatable bonds is 6. The van der Waals surface area contributed by atoms with Crippen molar-refractivity contribution in [2.24, 2.45) is 0 Å². The molecule has 0 bridgehead atoms. The molecule has 23 heavy (non-hydrogen) atoms. The number of benzene rings is 2. The number of nitrogens with one attached hydrogen (secondary N) is 1. The standard InChI is InChI=1S/C21H27NO/c1-17-7-9-19(10-8-17)16-23-21-13-11-18(12-14-21)15-22-20-5-3-2-4-6-20/h7-14,20,22H,2-6,15-16H2,1H3. The third kappa shape index (κ3) is 5.11. The van der Waals surface area contributed by atoms with Gasteiger partial charge in [-0.15, -0.1) is 0 Å². The summed E-state index contributed by atoms with van der Waals surface area (Å²) in [7, 11) is 0. The largest absolute Gasteiger partial charge is 0.489 e. The van der Waals surface area contributed by atoms with Gasteiger partial charge in [0.05, 0.1) is 0 Å².